The third kappa shape index (κ3) is 4.36. The van der Waals surface area contributed by atoms with Crippen molar-refractivity contribution in [3.63, 3.8) is 0 Å². The minimum Gasteiger partial charge on any atom is -0.349 e. The fraction of sp³-hybridized carbons (Fsp3) is 0.429. The molecule has 0 atom stereocenters. The topological polar surface area (TPSA) is 90.4 Å². The quantitative estimate of drug-likeness (QED) is 0.448. The summed E-state index contributed by atoms with van der Waals surface area (Å²) in [5, 5.41) is 8.12. The summed E-state index contributed by atoms with van der Waals surface area (Å²) in [6.45, 7) is 8.80. The van der Waals surface area contributed by atoms with Crippen molar-refractivity contribution in [2.24, 2.45) is 5.92 Å². The largest absolute Gasteiger partial charge is 0.352 e. The molecular weight excluding hydrogens is 454 g/mol. The molecular formula is C28H33N5O3. The zero-order valence-electron chi connectivity index (χ0n) is 21.4. The van der Waals surface area contributed by atoms with Gasteiger partial charge in [0.25, 0.3) is 11.5 Å². The first kappa shape index (κ1) is 24.0. The number of fused-ring (bicyclic) bond motifs is 3. The van der Waals surface area contributed by atoms with E-state index in [-0.39, 0.29) is 29.1 Å². The molecule has 2 aromatic heterocycles. The fourth-order valence-corrected chi connectivity index (χ4v) is 5.16. The molecule has 8 nitrogen and oxygen atoms in total. The highest BCUT2D eigenvalue weighted by Gasteiger charge is 2.22. The molecule has 2 heterocycles. The molecule has 1 amide bonds. The van der Waals surface area contributed by atoms with E-state index < -0.39 is 0 Å². The summed E-state index contributed by atoms with van der Waals surface area (Å²) in [5.74, 6) is 0.295. The molecule has 5 rings (SSSR count). The lowest BCUT2D eigenvalue weighted by Gasteiger charge is -2.14. The molecule has 8 heteroatoms. The van der Waals surface area contributed by atoms with Crippen LogP contribution >= 0.6 is 0 Å². The highest BCUT2D eigenvalue weighted by Crippen LogP contribution is 2.20. The van der Waals surface area contributed by atoms with Crippen molar-refractivity contribution in [2.75, 3.05) is 0 Å². The van der Waals surface area contributed by atoms with Gasteiger partial charge >= 0.3 is 5.69 Å². The maximum absolute atomic E-state index is 13.7. The minimum atomic E-state index is -0.332. The van der Waals surface area contributed by atoms with Gasteiger partial charge in [0, 0.05) is 18.2 Å². The van der Waals surface area contributed by atoms with Crippen molar-refractivity contribution in [1.82, 2.24) is 24.1 Å². The van der Waals surface area contributed by atoms with Gasteiger partial charge < -0.3 is 5.32 Å². The highest BCUT2D eigenvalue weighted by molar-refractivity contribution is 5.98. The van der Waals surface area contributed by atoms with Gasteiger partial charge in [0.05, 0.1) is 17.4 Å². The molecule has 36 heavy (non-hydrogen) atoms. The van der Waals surface area contributed by atoms with Crippen molar-refractivity contribution in [3.05, 3.63) is 79.5 Å². The summed E-state index contributed by atoms with van der Waals surface area (Å²) >= 11 is 0. The summed E-state index contributed by atoms with van der Waals surface area (Å²) < 4.78 is 4.47. The summed E-state index contributed by atoms with van der Waals surface area (Å²) in [6, 6.07) is 11.3. The second kappa shape index (κ2) is 9.41. The second-order valence-corrected chi connectivity index (χ2v) is 10.5. The number of hydrogen-bond acceptors (Lipinski definition) is 4. The number of nitrogens with zero attached hydrogens (tertiary/aromatic N) is 4. The monoisotopic (exact) mass is 487 g/mol. The molecule has 0 aliphatic heterocycles. The van der Waals surface area contributed by atoms with Gasteiger partial charge in [-0.3, -0.25) is 14.2 Å². The van der Waals surface area contributed by atoms with E-state index in [0.717, 1.165) is 42.4 Å². The maximum Gasteiger partial charge on any atom is 0.352 e. The van der Waals surface area contributed by atoms with E-state index in [1.165, 1.54) is 9.08 Å². The predicted molar refractivity (Wildman–Crippen MR) is 141 cm³/mol. The minimum absolute atomic E-state index is 0.176. The van der Waals surface area contributed by atoms with Crippen LogP contribution in [0.4, 0.5) is 0 Å². The average molecular weight is 488 g/mol. The molecule has 0 unspecified atom stereocenters. The molecule has 1 saturated carbocycles. The highest BCUT2D eigenvalue weighted by atomic mass is 16.2. The third-order valence-corrected chi connectivity index (χ3v) is 7.10. The normalized spacial score (nSPS) is 14.4. The van der Waals surface area contributed by atoms with Crippen LogP contribution in [0.15, 0.2) is 46.0 Å². The van der Waals surface area contributed by atoms with E-state index in [0.29, 0.717) is 35.3 Å². The van der Waals surface area contributed by atoms with Gasteiger partial charge in [-0.2, -0.15) is 0 Å². The van der Waals surface area contributed by atoms with E-state index in [1.807, 2.05) is 39.8 Å². The zero-order chi connectivity index (χ0) is 25.6. The van der Waals surface area contributed by atoms with Crippen molar-refractivity contribution in [3.8, 4) is 0 Å². The Hall–Kier alpha value is -3.68. The van der Waals surface area contributed by atoms with Gasteiger partial charge in [-0.25, -0.2) is 13.9 Å². The smallest absolute Gasteiger partial charge is 0.349 e. The van der Waals surface area contributed by atoms with Gasteiger partial charge in [-0.05, 0) is 61.9 Å². The lowest BCUT2D eigenvalue weighted by atomic mass is 10.1. The van der Waals surface area contributed by atoms with Crippen LogP contribution in [0.25, 0.3) is 16.7 Å². The standard InChI is InChI=1S/C28H33N5O3/c1-17(2)15-31-26(35)23-12-11-20(25(34)29-22-7-5-6-8-22)14-24(23)33-27(31)30-32(28(33)36)16-21-13-18(3)9-10-19(21)4/h9-14,17,22H,5-8,15-16H2,1-4H3,(H,29,34). The van der Waals surface area contributed by atoms with E-state index in [2.05, 4.69) is 16.5 Å². The molecule has 1 fully saturated rings. The van der Waals surface area contributed by atoms with Gasteiger partial charge in [-0.1, -0.05) is 50.5 Å². The summed E-state index contributed by atoms with van der Waals surface area (Å²) in [7, 11) is 0. The van der Waals surface area contributed by atoms with E-state index in [1.54, 1.807) is 22.8 Å². The Morgan fingerprint density at radius 2 is 1.83 bits per heavy atom. The molecule has 0 saturated heterocycles. The Labute approximate surface area is 209 Å². The number of benzene rings is 2. The predicted octanol–water partition coefficient (Wildman–Crippen LogP) is 3.80. The van der Waals surface area contributed by atoms with E-state index >= 15 is 0 Å². The molecule has 1 aliphatic rings. The second-order valence-electron chi connectivity index (χ2n) is 10.5. The number of aromatic nitrogens is 4. The van der Waals surface area contributed by atoms with Crippen molar-refractivity contribution in [2.45, 2.75) is 72.5 Å². The molecule has 1 N–H and O–H groups in total. The summed E-state index contributed by atoms with van der Waals surface area (Å²) in [5.41, 5.74) is 3.48. The first-order valence-electron chi connectivity index (χ1n) is 12.8. The van der Waals surface area contributed by atoms with Crippen LogP contribution < -0.4 is 16.6 Å². The molecule has 2 aromatic carbocycles. The Balaban J connectivity index is 1.69. The SMILES string of the molecule is Cc1ccc(C)c(Cn2nc3n(CC(C)C)c(=O)c4ccc(C(=O)NC5CCCC5)cc4n3c2=O)c1. The lowest BCUT2D eigenvalue weighted by molar-refractivity contribution is 0.0938. The summed E-state index contributed by atoms with van der Waals surface area (Å²) in [6.07, 6.45) is 4.20. The van der Waals surface area contributed by atoms with Crippen LogP contribution in [0.5, 0.6) is 0 Å². The Morgan fingerprint density at radius 3 is 2.56 bits per heavy atom. The molecule has 188 valence electrons. The van der Waals surface area contributed by atoms with Crippen molar-refractivity contribution in [1.29, 1.82) is 0 Å². The van der Waals surface area contributed by atoms with E-state index in [9.17, 15) is 14.4 Å². The number of carbonyl (C=O) groups excluding carboxylic acids is 1. The number of rotatable bonds is 6. The Morgan fingerprint density at radius 1 is 1.08 bits per heavy atom. The van der Waals surface area contributed by atoms with Crippen molar-refractivity contribution < 1.29 is 4.79 Å². The molecule has 4 aromatic rings. The van der Waals surface area contributed by atoms with E-state index in [4.69, 9.17) is 0 Å². The van der Waals surface area contributed by atoms with Crippen LogP contribution in [0, 0.1) is 19.8 Å². The number of aryl methyl sites for hydroxylation is 2. The third-order valence-electron chi connectivity index (χ3n) is 7.10. The Bertz CT molecular complexity index is 1590. The molecule has 0 bridgehead atoms. The van der Waals surface area contributed by atoms with Gasteiger partial charge in [0.1, 0.15) is 0 Å². The fourth-order valence-electron chi connectivity index (χ4n) is 5.16. The number of nitrogens with one attached hydrogen (secondary N) is 1. The van der Waals surface area contributed by atoms with Crippen molar-refractivity contribution >= 4 is 22.6 Å². The first-order chi connectivity index (χ1) is 17.2. The number of hydrogen-bond donors (Lipinski definition) is 1. The van der Waals surface area contributed by atoms with Crippen LogP contribution in [-0.2, 0) is 13.1 Å². The average Bonchev–Trinajstić information content (AvgIpc) is 3.46. The first-order valence-corrected chi connectivity index (χ1v) is 12.8. The van der Waals surface area contributed by atoms with Crippen LogP contribution in [-0.4, -0.2) is 30.7 Å². The molecule has 0 radical (unpaired) electrons. The molecule has 1 aliphatic carbocycles. The van der Waals surface area contributed by atoms with Gasteiger partial charge in [-0.15, -0.1) is 5.10 Å². The zero-order valence-corrected chi connectivity index (χ0v) is 21.4. The van der Waals surface area contributed by atoms with Gasteiger partial charge in [0.2, 0.25) is 5.78 Å². The van der Waals surface area contributed by atoms with Gasteiger partial charge in [0.15, 0.2) is 0 Å². The summed E-state index contributed by atoms with van der Waals surface area (Å²) in [4.78, 5) is 40.2. The number of carbonyl (C=O) groups is 1. The lowest BCUT2D eigenvalue weighted by Crippen LogP contribution is -2.33. The van der Waals surface area contributed by atoms with Crippen LogP contribution in [0.2, 0.25) is 0 Å². The maximum atomic E-state index is 13.7. The van der Waals surface area contributed by atoms with Crippen LogP contribution in [0.3, 0.4) is 0 Å². The Kier molecular flexibility index (Phi) is 6.28. The van der Waals surface area contributed by atoms with Crippen LogP contribution in [0.1, 0.15) is 66.6 Å². The molecule has 0 spiro atoms. The number of amides is 1.